The maximum atomic E-state index is 13.4. The van der Waals surface area contributed by atoms with Gasteiger partial charge in [0.25, 0.3) is 0 Å². The molecule has 178 valence electrons. The SMILES string of the molecule is CC(C)N1CCC[C@@H](c2cccc(CC3(C(=O)NCCc4ccccc4)CCOCC3)c2)C1. The Morgan fingerprint density at radius 3 is 2.61 bits per heavy atom. The smallest absolute Gasteiger partial charge is 0.226 e. The lowest BCUT2D eigenvalue weighted by atomic mass is 9.74. The van der Waals surface area contributed by atoms with Gasteiger partial charge in [0.15, 0.2) is 0 Å². The van der Waals surface area contributed by atoms with Crippen LogP contribution in [0.1, 0.15) is 62.1 Å². The number of benzene rings is 2. The Labute approximate surface area is 199 Å². The third-order valence-electron chi connectivity index (χ3n) is 7.62. The number of likely N-dealkylation sites (tertiary alicyclic amines) is 1. The molecule has 2 aliphatic heterocycles. The molecule has 0 spiro atoms. The van der Waals surface area contributed by atoms with E-state index in [0.29, 0.717) is 31.7 Å². The van der Waals surface area contributed by atoms with Gasteiger partial charge in [0.05, 0.1) is 5.41 Å². The summed E-state index contributed by atoms with van der Waals surface area (Å²) in [6, 6.07) is 20.0. The number of hydrogen-bond donors (Lipinski definition) is 1. The molecule has 1 atom stereocenters. The van der Waals surface area contributed by atoms with Crippen molar-refractivity contribution in [1.29, 1.82) is 0 Å². The highest BCUT2D eigenvalue weighted by atomic mass is 16.5. The van der Waals surface area contributed by atoms with Crippen LogP contribution in [0.25, 0.3) is 0 Å². The maximum absolute atomic E-state index is 13.4. The van der Waals surface area contributed by atoms with Gasteiger partial charge >= 0.3 is 0 Å². The number of hydrogen-bond acceptors (Lipinski definition) is 3. The monoisotopic (exact) mass is 448 g/mol. The Morgan fingerprint density at radius 1 is 1.09 bits per heavy atom. The van der Waals surface area contributed by atoms with Gasteiger partial charge in [-0.1, -0.05) is 54.6 Å². The van der Waals surface area contributed by atoms with E-state index in [0.717, 1.165) is 32.2 Å². The highest BCUT2D eigenvalue weighted by Gasteiger charge is 2.40. The minimum atomic E-state index is -0.371. The Morgan fingerprint density at radius 2 is 1.85 bits per heavy atom. The molecule has 0 unspecified atom stereocenters. The lowest BCUT2D eigenvalue weighted by molar-refractivity contribution is -0.136. The third-order valence-corrected chi connectivity index (χ3v) is 7.62. The summed E-state index contributed by atoms with van der Waals surface area (Å²) >= 11 is 0. The first-order valence-electron chi connectivity index (χ1n) is 12.8. The van der Waals surface area contributed by atoms with Crippen LogP contribution in [0, 0.1) is 5.41 Å². The van der Waals surface area contributed by atoms with Crippen molar-refractivity contribution in [2.24, 2.45) is 5.41 Å². The fraction of sp³-hybridized carbons (Fsp3) is 0.552. The van der Waals surface area contributed by atoms with Crippen molar-refractivity contribution in [3.63, 3.8) is 0 Å². The summed E-state index contributed by atoms with van der Waals surface area (Å²) in [5, 5.41) is 3.26. The summed E-state index contributed by atoms with van der Waals surface area (Å²) in [4.78, 5) is 16.0. The number of carbonyl (C=O) groups excluding carboxylic acids is 1. The fourth-order valence-corrected chi connectivity index (χ4v) is 5.49. The summed E-state index contributed by atoms with van der Waals surface area (Å²) in [5.74, 6) is 0.780. The van der Waals surface area contributed by atoms with E-state index in [-0.39, 0.29) is 11.3 Å². The fourth-order valence-electron chi connectivity index (χ4n) is 5.49. The van der Waals surface area contributed by atoms with E-state index in [4.69, 9.17) is 4.74 Å². The van der Waals surface area contributed by atoms with Crippen LogP contribution in [0.2, 0.25) is 0 Å². The molecule has 0 bridgehead atoms. The summed E-state index contributed by atoms with van der Waals surface area (Å²) in [5.41, 5.74) is 3.61. The van der Waals surface area contributed by atoms with Crippen LogP contribution in [0.3, 0.4) is 0 Å². The normalized spacial score (nSPS) is 21.1. The van der Waals surface area contributed by atoms with E-state index in [9.17, 15) is 4.79 Å². The highest BCUT2D eigenvalue weighted by Crippen LogP contribution is 2.36. The van der Waals surface area contributed by atoms with Crippen molar-refractivity contribution in [3.05, 3.63) is 71.3 Å². The molecule has 2 saturated heterocycles. The number of nitrogens with one attached hydrogen (secondary N) is 1. The van der Waals surface area contributed by atoms with Crippen molar-refractivity contribution in [1.82, 2.24) is 10.2 Å². The number of amides is 1. The van der Waals surface area contributed by atoms with Crippen molar-refractivity contribution in [3.8, 4) is 0 Å². The Hall–Kier alpha value is -2.17. The lowest BCUT2D eigenvalue weighted by Crippen LogP contribution is -2.46. The van der Waals surface area contributed by atoms with Gasteiger partial charge < -0.3 is 15.0 Å². The van der Waals surface area contributed by atoms with Crippen LogP contribution in [0.5, 0.6) is 0 Å². The van der Waals surface area contributed by atoms with Gasteiger partial charge in [-0.3, -0.25) is 4.79 Å². The average Bonchev–Trinajstić information content (AvgIpc) is 2.85. The number of ether oxygens (including phenoxy) is 1. The quantitative estimate of drug-likeness (QED) is 0.620. The first kappa shape index (κ1) is 24.0. The Balaban J connectivity index is 1.43. The van der Waals surface area contributed by atoms with Crippen LogP contribution >= 0.6 is 0 Å². The molecule has 0 aliphatic carbocycles. The predicted octanol–water partition coefficient (Wildman–Crippen LogP) is 4.97. The van der Waals surface area contributed by atoms with Crippen molar-refractivity contribution >= 4 is 5.91 Å². The second kappa shape index (κ2) is 11.3. The van der Waals surface area contributed by atoms with E-state index >= 15 is 0 Å². The summed E-state index contributed by atoms with van der Waals surface area (Å²) in [6.07, 6.45) is 5.76. The number of nitrogens with zero attached hydrogens (tertiary/aromatic N) is 1. The van der Waals surface area contributed by atoms with Crippen molar-refractivity contribution < 1.29 is 9.53 Å². The number of piperidine rings is 1. The first-order chi connectivity index (χ1) is 16.1. The van der Waals surface area contributed by atoms with Crippen LogP contribution < -0.4 is 5.32 Å². The molecule has 1 N–H and O–H groups in total. The molecule has 0 aromatic heterocycles. The molecular weight excluding hydrogens is 408 g/mol. The number of carbonyl (C=O) groups is 1. The van der Waals surface area contributed by atoms with E-state index in [1.807, 2.05) is 6.07 Å². The molecule has 1 amide bonds. The van der Waals surface area contributed by atoms with Gasteiger partial charge in [-0.25, -0.2) is 0 Å². The van der Waals surface area contributed by atoms with Crippen LogP contribution in [-0.4, -0.2) is 49.7 Å². The largest absolute Gasteiger partial charge is 0.381 e. The van der Waals surface area contributed by atoms with Crippen LogP contribution in [0.15, 0.2) is 54.6 Å². The molecular formula is C29H40N2O2. The molecule has 4 nitrogen and oxygen atoms in total. The molecule has 4 rings (SSSR count). The van der Waals surface area contributed by atoms with E-state index in [1.54, 1.807) is 0 Å². The van der Waals surface area contributed by atoms with Gasteiger partial charge in [0.1, 0.15) is 0 Å². The zero-order valence-electron chi connectivity index (χ0n) is 20.4. The topological polar surface area (TPSA) is 41.6 Å². The molecule has 2 heterocycles. The van der Waals surface area contributed by atoms with Gasteiger partial charge in [0.2, 0.25) is 5.91 Å². The second-order valence-corrected chi connectivity index (χ2v) is 10.2. The van der Waals surface area contributed by atoms with Gasteiger partial charge in [-0.15, -0.1) is 0 Å². The lowest BCUT2D eigenvalue weighted by Gasteiger charge is -2.37. The summed E-state index contributed by atoms with van der Waals surface area (Å²) in [7, 11) is 0. The minimum Gasteiger partial charge on any atom is -0.381 e. The second-order valence-electron chi connectivity index (χ2n) is 10.2. The first-order valence-corrected chi connectivity index (χ1v) is 12.8. The van der Waals surface area contributed by atoms with Crippen LogP contribution in [0.4, 0.5) is 0 Å². The van der Waals surface area contributed by atoms with Gasteiger partial charge in [-0.2, -0.15) is 0 Å². The molecule has 2 aromatic rings. The summed E-state index contributed by atoms with van der Waals surface area (Å²) < 4.78 is 5.65. The molecule has 0 saturated carbocycles. The minimum absolute atomic E-state index is 0.191. The zero-order chi connectivity index (χ0) is 23.1. The standard InChI is InChI=1S/C29H40N2O2/c1-23(2)31-17-7-12-27(22-31)26-11-6-10-25(20-26)21-29(14-18-33-19-15-29)28(32)30-16-13-24-8-4-3-5-9-24/h3-6,8-11,20,23,27H,7,12-19,21-22H2,1-2H3,(H,30,32)/t27-/m1/s1. The molecule has 4 heteroatoms. The Bertz CT molecular complexity index is 890. The van der Waals surface area contributed by atoms with Crippen molar-refractivity contribution in [2.75, 3.05) is 32.8 Å². The van der Waals surface area contributed by atoms with E-state index in [1.165, 1.54) is 36.1 Å². The Kier molecular flexibility index (Phi) is 8.21. The molecule has 33 heavy (non-hydrogen) atoms. The molecule has 2 aliphatic rings. The van der Waals surface area contributed by atoms with E-state index < -0.39 is 0 Å². The van der Waals surface area contributed by atoms with Gasteiger partial charge in [0, 0.05) is 32.3 Å². The van der Waals surface area contributed by atoms with Crippen molar-refractivity contribution in [2.45, 2.75) is 64.3 Å². The number of rotatable bonds is 8. The van der Waals surface area contributed by atoms with E-state index in [2.05, 4.69) is 72.6 Å². The summed E-state index contributed by atoms with van der Waals surface area (Å²) in [6.45, 7) is 8.95. The zero-order valence-corrected chi connectivity index (χ0v) is 20.4. The molecule has 0 radical (unpaired) electrons. The molecule has 2 aromatic carbocycles. The predicted molar refractivity (Wildman–Crippen MR) is 134 cm³/mol. The average molecular weight is 449 g/mol. The van der Waals surface area contributed by atoms with Crippen LogP contribution in [-0.2, 0) is 22.4 Å². The maximum Gasteiger partial charge on any atom is 0.226 e. The highest BCUT2D eigenvalue weighted by molar-refractivity contribution is 5.83. The van der Waals surface area contributed by atoms with Gasteiger partial charge in [-0.05, 0) is 81.5 Å². The molecule has 2 fully saturated rings. The third kappa shape index (κ3) is 6.24.